The molecule has 0 aliphatic carbocycles. The topological polar surface area (TPSA) is 175 Å². The van der Waals surface area contributed by atoms with Crippen LogP contribution in [-0.4, -0.2) is 78.9 Å². The summed E-state index contributed by atoms with van der Waals surface area (Å²) in [7, 11) is 0. The van der Waals surface area contributed by atoms with Crippen LogP contribution in [0.3, 0.4) is 0 Å². The fourth-order valence-corrected chi connectivity index (χ4v) is 2.67. The Morgan fingerprint density at radius 1 is 0.658 bits per heavy atom. The lowest BCUT2D eigenvalue weighted by Gasteiger charge is -2.26. The Kier molecular flexibility index (Phi) is 15.0. The first-order chi connectivity index (χ1) is 17.5. The number of nitrogens with one attached hydrogen (secondary N) is 3. The van der Waals surface area contributed by atoms with Crippen molar-refractivity contribution in [3.63, 3.8) is 0 Å². The SMILES string of the molecule is CCCCC(=O)[C@H](OC(=O)CNC(=O)OC(C)(C)C)[C@@H](OC(=O)CNC(=O)OC(C)(C)C)C(=O)NCCC. The summed E-state index contributed by atoms with van der Waals surface area (Å²) in [6, 6.07) is 0. The lowest BCUT2D eigenvalue weighted by Crippen LogP contribution is -2.52. The highest BCUT2D eigenvalue weighted by molar-refractivity contribution is 5.95. The third-order valence-corrected chi connectivity index (χ3v) is 4.25. The zero-order valence-corrected chi connectivity index (χ0v) is 23.7. The number of ketones is 1. The van der Waals surface area contributed by atoms with Gasteiger partial charge < -0.3 is 34.9 Å². The molecular weight excluding hydrogens is 502 g/mol. The van der Waals surface area contributed by atoms with Gasteiger partial charge in [0, 0.05) is 13.0 Å². The molecule has 0 aromatic heterocycles. The molecule has 0 bridgehead atoms. The molecule has 0 aromatic carbocycles. The molecule has 0 unspecified atom stereocenters. The van der Waals surface area contributed by atoms with Crippen molar-refractivity contribution >= 4 is 35.8 Å². The summed E-state index contributed by atoms with van der Waals surface area (Å²) >= 11 is 0. The molecule has 0 rings (SSSR count). The number of unbranched alkanes of at least 4 members (excludes halogenated alkanes) is 1. The minimum atomic E-state index is -1.83. The standard InChI is InChI=1S/C25H43N3O10/c1-9-11-12-16(29)19(35-17(30)14-27-22(33)37-24(3,4)5)20(21(32)26-13-10-2)36-18(31)15-28-23(34)38-25(6,7)8/h19-20H,9-15H2,1-8H3,(H,26,32)(H,27,33)(H,28,34)/t19-,20+/m0/s1. The highest BCUT2D eigenvalue weighted by Gasteiger charge is 2.39. The lowest BCUT2D eigenvalue weighted by molar-refractivity contribution is -0.175. The van der Waals surface area contributed by atoms with Crippen molar-refractivity contribution in [1.82, 2.24) is 16.0 Å². The molecule has 0 aromatic rings. The van der Waals surface area contributed by atoms with E-state index in [1.54, 1.807) is 48.5 Å². The van der Waals surface area contributed by atoms with Gasteiger partial charge in [0.25, 0.3) is 5.91 Å². The number of carbonyl (C=O) groups is 6. The van der Waals surface area contributed by atoms with Crippen molar-refractivity contribution in [2.75, 3.05) is 19.6 Å². The Bertz CT molecular complexity index is 762. The molecule has 218 valence electrons. The van der Waals surface area contributed by atoms with Crippen LogP contribution < -0.4 is 16.0 Å². The maximum atomic E-state index is 12.9. The Balaban J connectivity index is 5.65. The van der Waals surface area contributed by atoms with E-state index in [0.29, 0.717) is 19.3 Å². The molecule has 13 nitrogen and oxygen atoms in total. The van der Waals surface area contributed by atoms with Crippen LogP contribution >= 0.6 is 0 Å². The maximum absolute atomic E-state index is 12.9. The van der Waals surface area contributed by atoms with Gasteiger partial charge in [-0.2, -0.15) is 0 Å². The quantitative estimate of drug-likeness (QED) is 0.217. The van der Waals surface area contributed by atoms with Gasteiger partial charge in [-0.1, -0.05) is 20.3 Å². The van der Waals surface area contributed by atoms with Crippen LogP contribution in [-0.2, 0) is 38.1 Å². The first kappa shape index (κ1) is 34.6. The molecule has 0 spiro atoms. The van der Waals surface area contributed by atoms with Crippen LogP contribution in [0.15, 0.2) is 0 Å². The molecule has 38 heavy (non-hydrogen) atoms. The monoisotopic (exact) mass is 545 g/mol. The van der Waals surface area contributed by atoms with E-state index in [4.69, 9.17) is 18.9 Å². The van der Waals surface area contributed by atoms with E-state index < -0.39 is 72.3 Å². The van der Waals surface area contributed by atoms with Crippen LogP contribution in [0.2, 0.25) is 0 Å². The second-order valence-corrected chi connectivity index (χ2v) is 10.4. The number of alkyl carbamates (subject to hydrolysis) is 2. The van der Waals surface area contributed by atoms with Crippen LogP contribution in [0, 0.1) is 0 Å². The molecule has 0 saturated carbocycles. The van der Waals surface area contributed by atoms with E-state index in [1.165, 1.54) is 0 Å². The summed E-state index contributed by atoms with van der Waals surface area (Å²) in [5, 5.41) is 6.92. The highest BCUT2D eigenvalue weighted by atomic mass is 16.6. The smallest absolute Gasteiger partial charge is 0.408 e. The summed E-state index contributed by atoms with van der Waals surface area (Å²) in [6.07, 6.45) is -3.84. The number of esters is 2. The Morgan fingerprint density at radius 2 is 1.11 bits per heavy atom. The predicted octanol–water partition coefficient (Wildman–Crippen LogP) is 2.14. The Labute approximate surface area is 224 Å². The van der Waals surface area contributed by atoms with E-state index in [0.717, 1.165) is 0 Å². The highest BCUT2D eigenvalue weighted by Crippen LogP contribution is 2.13. The number of ether oxygens (including phenoxy) is 4. The fourth-order valence-electron chi connectivity index (χ4n) is 2.67. The lowest BCUT2D eigenvalue weighted by atomic mass is 10.0. The summed E-state index contributed by atoms with van der Waals surface area (Å²) in [5.41, 5.74) is -1.62. The molecule has 0 aliphatic rings. The number of carbonyl (C=O) groups excluding carboxylic acids is 6. The van der Waals surface area contributed by atoms with Crippen molar-refractivity contribution in [3.8, 4) is 0 Å². The second-order valence-electron chi connectivity index (χ2n) is 10.4. The Morgan fingerprint density at radius 3 is 1.50 bits per heavy atom. The van der Waals surface area contributed by atoms with Crippen molar-refractivity contribution in [3.05, 3.63) is 0 Å². The largest absolute Gasteiger partial charge is 0.448 e. The Hall–Kier alpha value is -3.38. The van der Waals surface area contributed by atoms with Crippen molar-refractivity contribution in [1.29, 1.82) is 0 Å². The number of hydrogen-bond donors (Lipinski definition) is 3. The summed E-state index contributed by atoms with van der Waals surface area (Å²) in [6.45, 7) is 12.3. The fraction of sp³-hybridized carbons (Fsp3) is 0.760. The van der Waals surface area contributed by atoms with E-state index >= 15 is 0 Å². The van der Waals surface area contributed by atoms with E-state index in [1.807, 2.05) is 6.92 Å². The van der Waals surface area contributed by atoms with Gasteiger partial charge in [-0.05, 0) is 54.4 Å². The molecule has 0 heterocycles. The van der Waals surface area contributed by atoms with Gasteiger partial charge in [0.05, 0.1) is 0 Å². The minimum absolute atomic E-state index is 0.0563. The molecule has 3 N–H and O–H groups in total. The second kappa shape index (κ2) is 16.5. The third kappa shape index (κ3) is 16.4. The van der Waals surface area contributed by atoms with E-state index in [9.17, 15) is 28.8 Å². The average molecular weight is 546 g/mol. The summed E-state index contributed by atoms with van der Waals surface area (Å²) in [4.78, 5) is 74.5. The van der Waals surface area contributed by atoms with Crippen molar-refractivity contribution in [2.24, 2.45) is 0 Å². The van der Waals surface area contributed by atoms with E-state index in [2.05, 4.69) is 16.0 Å². The van der Waals surface area contributed by atoms with Gasteiger partial charge in [0.15, 0.2) is 5.78 Å². The molecular formula is C25H43N3O10. The predicted molar refractivity (Wildman–Crippen MR) is 136 cm³/mol. The molecule has 0 aliphatic heterocycles. The zero-order valence-electron chi connectivity index (χ0n) is 23.7. The van der Waals surface area contributed by atoms with Gasteiger partial charge in [-0.15, -0.1) is 0 Å². The number of hydrogen-bond acceptors (Lipinski definition) is 10. The average Bonchev–Trinajstić information content (AvgIpc) is 2.78. The summed E-state index contributed by atoms with van der Waals surface area (Å²) in [5.74, 6) is -3.63. The van der Waals surface area contributed by atoms with Crippen LogP contribution in [0.4, 0.5) is 9.59 Å². The van der Waals surface area contributed by atoms with Gasteiger partial charge in [0.1, 0.15) is 24.3 Å². The number of amides is 3. The molecule has 3 amide bonds. The molecule has 0 fully saturated rings. The van der Waals surface area contributed by atoms with Crippen molar-refractivity contribution in [2.45, 2.75) is 104 Å². The van der Waals surface area contributed by atoms with E-state index in [-0.39, 0.29) is 13.0 Å². The normalized spacial score (nSPS) is 12.8. The summed E-state index contributed by atoms with van der Waals surface area (Å²) < 4.78 is 20.5. The first-order valence-electron chi connectivity index (χ1n) is 12.6. The molecule has 0 radical (unpaired) electrons. The zero-order chi connectivity index (χ0) is 29.5. The first-order valence-corrected chi connectivity index (χ1v) is 12.6. The maximum Gasteiger partial charge on any atom is 0.408 e. The van der Waals surface area contributed by atoms with Crippen LogP contribution in [0.5, 0.6) is 0 Å². The van der Waals surface area contributed by atoms with Crippen LogP contribution in [0.1, 0.15) is 81.1 Å². The third-order valence-electron chi connectivity index (χ3n) is 4.25. The number of rotatable bonds is 14. The van der Waals surface area contributed by atoms with Crippen LogP contribution in [0.25, 0.3) is 0 Å². The number of Topliss-reactive ketones (excluding diaryl/α,β-unsaturated/α-hetero) is 1. The molecule has 0 saturated heterocycles. The molecule has 2 atom stereocenters. The molecule has 13 heteroatoms. The van der Waals surface area contributed by atoms with Gasteiger partial charge in [0.2, 0.25) is 12.2 Å². The van der Waals surface area contributed by atoms with Gasteiger partial charge in [-0.3, -0.25) is 19.2 Å². The van der Waals surface area contributed by atoms with Gasteiger partial charge >= 0.3 is 24.1 Å². The van der Waals surface area contributed by atoms with Gasteiger partial charge in [-0.25, -0.2) is 9.59 Å². The van der Waals surface area contributed by atoms with Crippen molar-refractivity contribution < 1.29 is 47.7 Å². The minimum Gasteiger partial charge on any atom is -0.448 e.